The van der Waals surface area contributed by atoms with Crippen molar-refractivity contribution in [2.45, 2.75) is 13.1 Å². The molecule has 1 aromatic carbocycles. The van der Waals surface area contributed by atoms with Crippen LogP contribution < -0.4 is 10.6 Å². The van der Waals surface area contributed by atoms with Crippen molar-refractivity contribution in [1.29, 1.82) is 0 Å². The zero-order valence-electron chi connectivity index (χ0n) is 11.3. The average molecular weight is 330 g/mol. The molecule has 0 saturated heterocycles. The number of benzene rings is 1. The maximum Gasteiger partial charge on any atom is 0.417 e. The van der Waals surface area contributed by atoms with Crippen molar-refractivity contribution in [2.75, 3.05) is 10.6 Å². The summed E-state index contributed by atoms with van der Waals surface area (Å²) in [6.07, 6.45) is -3.94. The van der Waals surface area contributed by atoms with Gasteiger partial charge in [0.2, 0.25) is 0 Å². The Morgan fingerprint density at radius 3 is 2.36 bits per heavy atom. The normalized spacial score (nSPS) is 11.1. The maximum atomic E-state index is 12.5. The number of nitrogens with zero attached hydrogens (tertiary/aromatic N) is 1. The molecular weight excluding hydrogens is 319 g/mol. The van der Waals surface area contributed by atoms with Gasteiger partial charge >= 0.3 is 12.2 Å². The molecule has 0 radical (unpaired) electrons. The quantitative estimate of drug-likeness (QED) is 0.838. The zero-order valence-corrected chi connectivity index (χ0v) is 12.1. The SMILES string of the molecule is Cc1ccc(NC(=O)Nc2ncc(C(F)(F)F)cc2Cl)cc1. The van der Waals surface area contributed by atoms with Crippen LogP contribution in [0.5, 0.6) is 0 Å². The van der Waals surface area contributed by atoms with Crippen LogP contribution >= 0.6 is 11.6 Å². The molecule has 0 spiro atoms. The number of rotatable bonds is 2. The van der Waals surface area contributed by atoms with Crippen LogP contribution in [0.4, 0.5) is 29.5 Å². The number of carbonyl (C=O) groups is 1. The lowest BCUT2D eigenvalue weighted by molar-refractivity contribution is -0.137. The van der Waals surface area contributed by atoms with Gasteiger partial charge in [0.15, 0.2) is 5.82 Å². The molecule has 22 heavy (non-hydrogen) atoms. The van der Waals surface area contributed by atoms with E-state index in [1.54, 1.807) is 24.3 Å². The molecular formula is C14H11ClF3N3O. The Hall–Kier alpha value is -2.28. The summed E-state index contributed by atoms with van der Waals surface area (Å²) in [4.78, 5) is 15.3. The monoisotopic (exact) mass is 329 g/mol. The number of nitrogens with one attached hydrogen (secondary N) is 2. The van der Waals surface area contributed by atoms with Gasteiger partial charge in [0.25, 0.3) is 0 Å². The number of hydrogen-bond donors (Lipinski definition) is 2. The van der Waals surface area contributed by atoms with E-state index in [0.29, 0.717) is 18.0 Å². The number of alkyl halides is 3. The first-order valence-electron chi connectivity index (χ1n) is 6.13. The zero-order chi connectivity index (χ0) is 16.3. The number of hydrogen-bond acceptors (Lipinski definition) is 2. The number of urea groups is 1. The van der Waals surface area contributed by atoms with Crippen LogP contribution in [0.2, 0.25) is 5.02 Å². The number of aromatic nitrogens is 1. The Labute approximate surface area is 129 Å². The molecule has 8 heteroatoms. The van der Waals surface area contributed by atoms with Gasteiger partial charge in [0, 0.05) is 11.9 Å². The molecule has 116 valence electrons. The molecule has 0 unspecified atom stereocenters. The van der Waals surface area contributed by atoms with Gasteiger partial charge in [0.05, 0.1) is 10.6 Å². The largest absolute Gasteiger partial charge is 0.417 e. The molecule has 1 heterocycles. The molecule has 1 aromatic heterocycles. The molecule has 2 aromatic rings. The maximum absolute atomic E-state index is 12.5. The molecule has 0 aliphatic heterocycles. The Morgan fingerprint density at radius 2 is 1.82 bits per heavy atom. The molecule has 0 fully saturated rings. The second-order valence-electron chi connectivity index (χ2n) is 4.50. The minimum atomic E-state index is -4.54. The van der Waals surface area contributed by atoms with Crippen LogP contribution in [0.15, 0.2) is 36.5 Å². The highest BCUT2D eigenvalue weighted by Gasteiger charge is 2.31. The second kappa shape index (κ2) is 6.23. The topological polar surface area (TPSA) is 54.0 Å². The minimum Gasteiger partial charge on any atom is -0.308 e. The Kier molecular flexibility index (Phi) is 4.56. The van der Waals surface area contributed by atoms with Crippen molar-refractivity contribution >= 4 is 29.1 Å². The predicted octanol–water partition coefficient (Wildman–Crippen LogP) is 4.71. The highest BCUT2D eigenvalue weighted by atomic mass is 35.5. The standard InChI is InChI=1S/C14H11ClF3N3O/c1-8-2-4-10(5-3-8)20-13(22)21-12-11(15)6-9(7-19-12)14(16,17)18/h2-7H,1H3,(H2,19,20,21,22). The molecule has 2 amide bonds. The minimum absolute atomic E-state index is 0.153. The first-order chi connectivity index (χ1) is 10.3. The number of carbonyl (C=O) groups excluding carboxylic acids is 1. The summed E-state index contributed by atoms with van der Waals surface area (Å²) in [6, 6.07) is 7.04. The number of pyridine rings is 1. The first-order valence-corrected chi connectivity index (χ1v) is 6.51. The molecule has 2 N–H and O–H groups in total. The van der Waals surface area contributed by atoms with Gasteiger partial charge in [-0.3, -0.25) is 5.32 Å². The summed E-state index contributed by atoms with van der Waals surface area (Å²) < 4.78 is 37.5. The van der Waals surface area contributed by atoms with Gasteiger partial charge in [0.1, 0.15) is 0 Å². The van der Waals surface area contributed by atoms with E-state index in [9.17, 15) is 18.0 Å². The van der Waals surface area contributed by atoms with Gasteiger partial charge < -0.3 is 5.32 Å². The molecule has 0 aliphatic carbocycles. The van der Waals surface area contributed by atoms with E-state index in [0.717, 1.165) is 5.56 Å². The van der Waals surface area contributed by atoms with E-state index in [4.69, 9.17) is 11.6 Å². The smallest absolute Gasteiger partial charge is 0.308 e. The Balaban J connectivity index is 2.07. The lowest BCUT2D eigenvalue weighted by atomic mass is 10.2. The van der Waals surface area contributed by atoms with Crippen LogP contribution in [0.25, 0.3) is 0 Å². The Bertz CT molecular complexity index is 687. The van der Waals surface area contributed by atoms with Gasteiger partial charge in [-0.2, -0.15) is 13.2 Å². The third kappa shape index (κ3) is 4.11. The second-order valence-corrected chi connectivity index (χ2v) is 4.90. The molecule has 0 aliphatic rings. The van der Waals surface area contributed by atoms with Crippen LogP contribution in [-0.2, 0) is 6.18 Å². The van der Waals surface area contributed by atoms with Crippen molar-refractivity contribution in [2.24, 2.45) is 0 Å². The van der Waals surface area contributed by atoms with Crippen LogP contribution in [0.3, 0.4) is 0 Å². The number of aryl methyl sites for hydroxylation is 1. The summed E-state index contributed by atoms with van der Waals surface area (Å²) in [7, 11) is 0. The fourth-order valence-corrected chi connectivity index (χ4v) is 1.81. The highest BCUT2D eigenvalue weighted by Crippen LogP contribution is 2.32. The van der Waals surface area contributed by atoms with E-state index in [2.05, 4.69) is 15.6 Å². The third-order valence-electron chi connectivity index (χ3n) is 2.71. The van der Waals surface area contributed by atoms with Crippen LogP contribution in [0, 0.1) is 6.92 Å². The molecule has 4 nitrogen and oxygen atoms in total. The average Bonchev–Trinajstić information content (AvgIpc) is 2.42. The van der Waals surface area contributed by atoms with Crippen molar-refractivity contribution in [3.8, 4) is 0 Å². The van der Waals surface area contributed by atoms with Crippen LogP contribution in [0.1, 0.15) is 11.1 Å². The third-order valence-corrected chi connectivity index (χ3v) is 3.00. The summed E-state index contributed by atoms with van der Waals surface area (Å²) in [5.41, 5.74) is 0.575. The lowest BCUT2D eigenvalue weighted by Crippen LogP contribution is -2.20. The summed E-state index contributed by atoms with van der Waals surface area (Å²) in [5, 5.41) is 4.51. The van der Waals surface area contributed by atoms with Crippen molar-refractivity contribution in [3.63, 3.8) is 0 Å². The van der Waals surface area contributed by atoms with Crippen LogP contribution in [-0.4, -0.2) is 11.0 Å². The van der Waals surface area contributed by atoms with Crippen molar-refractivity contribution < 1.29 is 18.0 Å². The van der Waals surface area contributed by atoms with E-state index in [-0.39, 0.29) is 10.8 Å². The number of amides is 2. The predicted molar refractivity (Wildman–Crippen MR) is 78.1 cm³/mol. The van der Waals surface area contributed by atoms with Gasteiger partial charge in [-0.1, -0.05) is 29.3 Å². The van der Waals surface area contributed by atoms with E-state index < -0.39 is 17.8 Å². The van der Waals surface area contributed by atoms with E-state index in [1.165, 1.54) is 0 Å². The highest BCUT2D eigenvalue weighted by molar-refractivity contribution is 6.33. The summed E-state index contributed by atoms with van der Waals surface area (Å²) >= 11 is 5.70. The fourth-order valence-electron chi connectivity index (χ4n) is 1.59. The Morgan fingerprint density at radius 1 is 1.18 bits per heavy atom. The molecule has 2 rings (SSSR count). The van der Waals surface area contributed by atoms with Gasteiger partial charge in [-0.05, 0) is 25.1 Å². The number of halogens is 4. The molecule has 0 saturated carbocycles. The summed E-state index contributed by atoms with van der Waals surface area (Å²) in [6.45, 7) is 1.90. The van der Waals surface area contributed by atoms with Crippen molar-refractivity contribution in [3.05, 3.63) is 52.7 Å². The molecule has 0 bridgehead atoms. The fraction of sp³-hybridized carbons (Fsp3) is 0.143. The molecule has 0 atom stereocenters. The van der Waals surface area contributed by atoms with Gasteiger partial charge in [-0.25, -0.2) is 9.78 Å². The van der Waals surface area contributed by atoms with Gasteiger partial charge in [-0.15, -0.1) is 0 Å². The van der Waals surface area contributed by atoms with Crippen molar-refractivity contribution in [1.82, 2.24) is 4.98 Å². The van der Waals surface area contributed by atoms with E-state index in [1.807, 2.05) is 6.92 Å². The number of anilines is 2. The van der Waals surface area contributed by atoms with E-state index >= 15 is 0 Å². The first kappa shape index (κ1) is 16.1. The summed E-state index contributed by atoms with van der Waals surface area (Å²) in [5.74, 6) is -0.153. The lowest BCUT2D eigenvalue weighted by Gasteiger charge is -2.11.